The summed E-state index contributed by atoms with van der Waals surface area (Å²) in [7, 11) is 0. The average Bonchev–Trinajstić information content (AvgIpc) is 3.25. The SMILES string of the molecule is O=C(NCCCCN1CCCCC1)Nc1ccc(-c2cn[nH]c2)nc1.O=CO. The van der Waals surface area contributed by atoms with Gasteiger partial charge in [-0.1, -0.05) is 6.42 Å². The number of carbonyl (C=O) groups is 2. The maximum absolute atomic E-state index is 11.9. The van der Waals surface area contributed by atoms with Crippen molar-refractivity contribution in [1.82, 2.24) is 25.4 Å². The molecule has 4 N–H and O–H groups in total. The van der Waals surface area contributed by atoms with Gasteiger partial charge in [-0.25, -0.2) is 4.79 Å². The summed E-state index contributed by atoms with van der Waals surface area (Å²) < 4.78 is 0. The maximum Gasteiger partial charge on any atom is 0.319 e. The monoisotopic (exact) mass is 388 g/mol. The standard InChI is InChI=1S/C18H26N6O.CH2O2/c25-18(19-8-2-5-11-24-9-3-1-4-10-24)23-16-6-7-17(20-14-16)15-12-21-22-13-15;2-1-3/h6-7,12-14H,1-5,8-11H2,(H,21,22)(H2,19,23,25);1H,(H,2,3). The predicted molar refractivity (Wildman–Crippen MR) is 107 cm³/mol. The molecular formula is C19H28N6O3. The lowest BCUT2D eigenvalue weighted by Gasteiger charge is -2.26. The van der Waals surface area contributed by atoms with Crippen LogP contribution in [0.3, 0.4) is 0 Å². The molecule has 152 valence electrons. The number of H-pyrrole nitrogens is 1. The molecule has 0 bridgehead atoms. The molecule has 0 aromatic carbocycles. The summed E-state index contributed by atoms with van der Waals surface area (Å²) in [6, 6.07) is 3.51. The highest BCUT2D eigenvalue weighted by Gasteiger charge is 2.09. The Labute approximate surface area is 164 Å². The molecule has 3 heterocycles. The van der Waals surface area contributed by atoms with Crippen LogP contribution >= 0.6 is 0 Å². The first-order valence-electron chi connectivity index (χ1n) is 9.53. The van der Waals surface area contributed by atoms with Crippen LogP contribution in [0, 0.1) is 0 Å². The van der Waals surface area contributed by atoms with Gasteiger partial charge in [-0.05, 0) is 57.5 Å². The molecule has 9 nitrogen and oxygen atoms in total. The van der Waals surface area contributed by atoms with Crippen LogP contribution in [0.15, 0.2) is 30.7 Å². The molecule has 0 radical (unpaired) electrons. The molecule has 2 amide bonds. The number of nitrogens with one attached hydrogen (secondary N) is 3. The van der Waals surface area contributed by atoms with E-state index in [1.807, 2.05) is 12.1 Å². The van der Waals surface area contributed by atoms with E-state index in [2.05, 4.69) is 30.7 Å². The van der Waals surface area contributed by atoms with Gasteiger partial charge in [0.2, 0.25) is 0 Å². The van der Waals surface area contributed by atoms with Crippen LogP contribution in [0.2, 0.25) is 0 Å². The van der Waals surface area contributed by atoms with Crippen molar-refractivity contribution in [1.29, 1.82) is 0 Å². The Morgan fingerprint density at radius 3 is 2.64 bits per heavy atom. The summed E-state index contributed by atoms with van der Waals surface area (Å²) in [6.07, 6.45) is 11.3. The summed E-state index contributed by atoms with van der Waals surface area (Å²) in [5.74, 6) is 0. The summed E-state index contributed by atoms with van der Waals surface area (Å²) >= 11 is 0. The normalized spacial score (nSPS) is 13.9. The van der Waals surface area contributed by atoms with Crippen molar-refractivity contribution in [2.75, 3.05) is 31.5 Å². The zero-order valence-electron chi connectivity index (χ0n) is 15.9. The molecule has 1 aliphatic heterocycles. The Hall–Kier alpha value is -2.94. The Kier molecular flexibility index (Phi) is 9.50. The third kappa shape index (κ3) is 7.75. The molecule has 0 spiro atoms. The fraction of sp³-hybridized carbons (Fsp3) is 0.474. The van der Waals surface area contributed by atoms with E-state index in [-0.39, 0.29) is 12.5 Å². The van der Waals surface area contributed by atoms with Crippen molar-refractivity contribution in [2.45, 2.75) is 32.1 Å². The van der Waals surface area contributed by atoms with Crippen molar-refractivity contribution < 1.29 is 14.7 Å². The summed E-state index contributed by atoms with van der Waals surface area (Å²) in [6.45, 7) is 4.05. The van der Waals surface area contributed by atoms with Crippen LogP contribution in [0.25, 0.3) is 11.3 Å². The van der Waals surface area contributed by atoms with E-state index in [1.165, 1.54) is 32.4 Å². The Balaban J connectivity index is 0.000000878. The quantitative estimate of drug-likeness (QED) is 0.427. The predicted octanol–water partition coefficient (Wildman–Crippen LogP) is 2.56. The highest BCUT2D eigenvalue weighted by Crippen LogP contribution is 2.16. The zero-order chi connectivity index (χ0) is 20.0. The van der Waals surface area contributed by atoms with Crippen LogP contribution in [0.1, 0.15) is 32.1 Å². The van der Waals surface area contributed by atoms with Crippen molar-refractivity contribution in [3.8, 4) is 11.3 Å². The number of rotatable bonds is 7. The fourth-order valence-electron chi connectivity index (χ4n) is 3.05. The molecule has 1 saturated heterocycles. The van der Waals surface area contributed by atoms with Crippen molar-refractivity contribution >= 4 is 18.2 Å². The second kappa shape index (κ2) is 12.4. The maximum atomic E-state index is 11.9. The number of nitrogens with zero attached hydrogens (tertiary/aromatic N) is 3. The number of carbonyl (C=O) groups excluding carboxylic acids is 1. The minimum atomic E-state index is -0.250. The molecule has 0 aliphatic carbocycles. The topological polar surface area (TPSA) is 123 Å². The second-order valence-electron chi connectivity index (χ2n) is 6.51. The molecule has 0 unspecified atom stereocenters. The fourth-order valence-corrected chi connectivity index (χ4v) is 3.05. The van der Waals surface area contributed by atoms with E-state index in [4.69, 9.17) is 9.90 Å². The minimum Gasteiger partial charge on any atom is -0.483 e. The molecular weight excluding hydrogens is 360 g/mol. The van der Waals surface area contributed by atoms with Gasteiger partial charge in [0.25, 0.3) is 6.47 Å². The molecule has 1 fully saturated rings. The van der Waals surface area contributed by atoms with Crippen molar-refractivity contribution in [3.05, 3.63) is 30.7 Å². The number of hydrogen-bond acceptors (Lipinski definition) is 5. The van der Waals surface area contributed by atoms with E-state index in [0.717, 1.165) is 30.6 Å². The first-order valence-corrected chi connectivity index (χ1v) is 9.53. The van der Waals surface area contributed by atoms with Gasteiger partial charge in [-0.2, -0.15) is 5.10 Å². The summed E-state index contributed by atoms with van der Waals surface area (Å²) in [4.78, 5) is 27.1. The number of carboxylic acid groups (broad SMARTS) is 1. The van der Waals surface area contributed by atoms with Gasteiger partial charge in [0.15, 0.2) is 0 Å². The van der Waals surface area contributed by atoms with E-state index >= 15 is 0 Å². The van der Waals surface area contributed by atoms with Gasteiger partial charge in [-0.15, -0.1) is 0 Å². The number of anilines is 1. The average molecular weight is 388 g/mol. The van der Waals surface area contributed by atoms with Gasteiger partial charge in [0, 0.05) is 18.3 Å². The van der Waals surface area contributed by atoms with Crippen LogP contribution in [0.4, 0.5) is 10.5 Å². The second-order valence-corrected chi connectivity index (χ2v) is 6.51. The van der Waals surface area contributed by atoms with Gasteiger partial charge < -0.3 is 20.6 Å². The number of hydrogen-bond donors (Lipinski definition) is 4. The smallest absolute Gasteiger partial charge is 0.319 e. The molecule has 0 atom stereocenters. The van der Waals surface area contributed by atoms with Gasteiger partial charge in [0.05, 0.1) is 23.8 Å². The first-order chi connectivity index (χ1) is 13.7. The number of aromatic amines is 1. The minimum absolute atomic E-state index is 0.184. The van der Waals surface area contributed by atoms with E-state index in [9.17, 15) is 4.79 Å². The molecule has 3 rings (SSSR count). The zero-order valence-corrected chi connectivity index (χ0v) is 15.9. The third-order valence-electron chi connectivity index (χ3n) is 4.45. The lowest BCUT2D eigenvalue weighted by Crippen LogP contribution is -2.32. The lowest BCUT2D eigenvalue weighted by atomic mass is 10.1. The van der Waals surface area contributed by atoms with Gasteiger partial charge in [0.1, 0.15) is 0 Å². The number of unbranched alkanes of at least 4 members (excludes halogenated alkanes) is 1. The van der Waals surface area contributed by atoms with Gasteiger partial charge >= 0.3 is 6.03 Å². The number of urea groups is 1. The Morgan fingerprint density at radius 2 is 2.00 bits per heavy atom. The molecule has 0 saturated carbocycles. The number of likely N-dealkylation sites (tertiary alicyclic amines) is 1. The van der Waals surface area contributed by atoms with E-state index in [1.54, 1.807) is 18.6 Å². The Morgan fingerprint density at radius 1 is 1.21 bits per heavy atom. The van der Waals surface area contributed by atoms with E-state index in [0.29, 0.717) is 12.2 Å². The highest BCUT2D eigenvalue weighted by atomic mass is 16.3. The molecule has 2 aromatic rings. The lowest BCUT2D eigenvalue weighted by molar-refractivity contribution is -0.122. The highest BCUT2D eigenvalue weighted by molar-refractivity contribution is 5.89. The molecule has 28 heavy (non-hydrogen) atoms. The molecule has 1 aliphatic rings. The van der Waals surface area contributed by atoms with Crippen LogP contribution in [-0.2, 0) is 4.79 Å². The third-order valence-corrected chi connectivity index (χ3v) is 4.45. The summed E-state index contributed by atoms with van der Waals surface area (Å²) in [5.41, 5.74) is 2.42. The Bertz CT molecular complexity index is 684. The number of pyridine rings is 1. The van der Waals surface area contributed by atoms with Crippen LogP contribution < -0.4 is 10.6 Å². The van der Waals surface area contributed by atoms with Crippen LogP contribution in [0.5, 0.6) is 0 Å². The summed E-state index contributed by atoms with van der Waals surface area (Å²) in [5, 5.41) is 19.3. The largest absolute Gasteiger partial charge is 0.483 e. The number of amides is 2. The molecule has 9 heteroatoms. The molecule has 2 aromatic heterocycles. The van der Waals surface area contributed by atoms with Crippen LogP contribution in [-0.4, -0.2) is 63.9 Å². The van der Waals surface area contributed by atoms with Crippen molar-refractivity contribution in [3.63, 3.8) is 0 Å². The van der Waals surface area contributed by atoms with Crippen molar-refractivity contribution in [2.24, 2.45) is 0 Å². The van der Waals surface area contributed by atoms with E-state index < -0.39 is 0 Å². The van der Waals surface area contributed by atoms with Gasteiger partial charge in [-0.3, -0.25) is 14.9 Å². The number of aromatic nitrogens is 3. The number of piperidine rings is 1. The first kappa shape index (κ1) is 21.4.